The van der Waals surface area contributed by atoms with E-state index in [2.05, 4.69) is 4.90 Å². The second kappa shape index (κ2) is 8.78. The average Bonchev–Trinajstić information content (AvgIpc) is 2.69. The van der Waals surface area contributed by atoms with E-state index in [9.17, 15) is 4.79 Å². The highest BCUT2D eigenvalue weighted by Crippen LogP contribution is 2.34. The molecular weight excluding hydrogens is 348 g/mol. The summed E-state index contributed by atoms with van der Waals surface area (Å²) in [6.45, 7) is 0.461. The van der Waals surface area contributed by atoms with Gasteiger partial charge in [-0.2, -0.15) is 0 Å². The molecule has 0 spiro atoms. The highest BCUT2D eigenvalue weighted by molar-refractivity contribution is 5.97. The van der Waals surface area contributed by atoms with Crippen molar-refractivity contribution in [3.8, 4) is 5.75 Å². The Labute approximate surface area is 167 Å². The third-order valence-electron chi connectivity index (χ3n) is 6.14. The Kier molecular flexibility index (Phi) is 5.96. The Hall–Kier alpha value is -2.33. The van der Waals surface area contributed by atoms with Crippen molar-refractivity contribution in [3.05, 3.63) is 65.7 Å². The Morgan fingerprint density at radius 3 is 2.32 bits per heavy atom. The van der Waals surface area contributed by atoms with Gasteiger partial charge in [-0.05, 0) is 62.6 Å². The zero-order valence-electron chi connectivity index (χ0n) is 16.4. The van der Waals surface area contributed by atoms with Crippen molar-refractivity contribution in [1.82, 2.24) is 4.90 Å². The van der Waals surface area contributed by atoms with Gasteiger partial charge in [0.25, 0.3) is 5.91 Å². The summed E-state index contributed by atoms with van der Waals surface area (Å²) < 4.78 is 6.06. The molecule has 1 amide bonds. The number of rotatable bonds is 6. The van der Waals surface area contributed by atoms with Crippen molar-refractivity contribution < 1.29 is 9.53 Å². The molecule has 0 radical (unpaired) electrons. The monoisotopic (exact) mass is 378 g/mol. The van der Waals surface area contributed by atoms with Crippen LogP contribution in [-0.2, 0) is 6.61 Å². The first-order chi connectivity index (χ1) is 13.7. The summed E-state index contributed by atoms with van der Waals surface area (Å²) in [5.74, 6) is 0.772. The Morgan fingerprint density at radius 1 is 0.929 bits per heavy atom. The number of benzene rings is 2. The van der Waals surface area contributed by atoms with Gasteiger partial charge in [-0.1, -0.05) is 42.5 Å². The van der Waals surface area contributed by atoms with Crippen LogP contribution in [0.3, 0.4) is 0 Å². The quantitative estimate of drug-likeness (QED) is 0.803. The van der Waals surface area contributed by atoms with Gasteiger partial charge >= 0.3 is 0 Å². The molecule has 4 rings (SSSR count). The van der Waals surface area contributed by atoms with Crippen LogP contribution in [-0.4, -0.2) is 28.9 Å². The first kappa shape index (κ1) is 19.0. The predicted octanol–water partition coefficient (Wildman–Crippen LogP) is 4.53. The summed E-state index contributed by atoms with van der Waals surface area (Å²) in [4.78, 5) is 15.8. The highest BCUT2D eigenvalue weighted by Gasteiger charge is 2.37. The lowest BCUT2D eigenvalue weighted by Gasteiger charge is -2.45. The third kappa shape index (κ3) is 4.22. The van der Waals surface area contributed by atoms with E-state index in [1.807, 2.05) is 54.6 Å². The lowest BCUT2D eigenvalue weighted by molar-refractivity contribution is 0.0352. The standard InChI is InChI=1S/C24H30N2O2/c25-19-10-6-13-21(16-19)26(20-11-7-12-20)24(27)22-14-4-5-15-23(22)28-17-18-8-2-1-3-9-18/h1-5,8-9,14-15,19-21H,6-7,10-13,16-17,25H2/t19-,21+/m0/s1. The van der Waals surface area contributed by atoms with Crippen molar-refractivity contribution in [3.63, 3.8) is 0 Å². The van der Waals surface area contributed by atoms with Gasteiger partial charge in [-0.25, -0.2) is 0 Å². The van der Waals surface area contributed by atoms with Crippen LogP contribution >= 0.6 is 0 Å². The number of hydrogen-bond acceptors (Lipinski definition) is 3. The van der Waals surface area contributed by atoms with E-state index in [1.54, 1.807) is 0 Å². The minimum Gasteiger partial charge on any atom is -0.488 e. The number of nitrogens with zero attached hydrogens (tertiary/aromatic N) is 1. The van der Waals surface area contributed by atoms with E-state index in [0.717, 1.165) is 44.1 Å². The zero-order valence-corrected chi connectivity index (χ0v) is 16.4. The molecule has 0 bridgehead atoms. The molecule has 0 unspecified atom stereocenters. The van der Waals surface area contributed by atoms with Crippen molar-refractivity contribution in [2.75, 3.05) is 0 Å². The summed E-state index contributed by atoms with van der Waals surface area (Å²) in [5, 5.41) is 0. The second-order valence-corrected chi connectivity index (χ2v) is 8.15. The van der Waals surface area contributed by atoms with Gasteiger partial charge in [-0.3, -0.25) is 4.79 Å². The van der Waals surface area contributed by atoms with E-state index >= 15 is 0 Å². The molecule has 148 valence electrons. The molecule has 0 aromatic heterocycles. The van der Waals surface area contributed by atoms with Crippen LogP contribution in [0.25, 0.3) is 0 Å². The number of ether oxygens (including phenoxy) is 1. The smallest absolute Gasteiger partial charge is 0.258 e. The summed E-state index contributed by atoms with van der Waals surface area (Å²) in [5.41, 5.74) is 8.01. The minimum absolute atomic E-state index is 0.104. The van der Waals surface area contributed by atoms with Gasteiger partial charge in [0, 0.05) is 18.1 Å². The van der Waals surface area contributed by atoms with Crippen LogP contribution in [0.15, 0.2) is 54.6 Å². The molecule has 2 aromatic rings. The van der Waals surface area contributed by atoms with E-state index in [0.29, 0.717) is 24.0 Å². The van der Waals surface area contributed by atoms with Crippen LogP contribution < -0.4 is 10.5 Å². The molecule has 2 atom stereocenters. The van der Waals surface area contributed by atoms with Crippen LogP contribution in [0, 0.1) is 0 Å². The van der Waals surface area contributed by atoms with Gasteiger partial charge in [0.2, 0.25) is 0 Å². The maximum absolute atomic E-state index is 13.6. The summed E-state index contributed by atoms with van der Waals surface area (Å²) in [6, 6.07) is 18.5. The maximum Gasteiger partial charge on any atom is 0.258 e. The van der Waals surface area contributed by atoms with Gasteiger partial charge < -0.3 is 15.4 Å². The Bertz CT molecular complexity index is 788. The molecule has 4 heteroatoms. The van der Waals surface area contributed by atoms with Crippen LogP contribution in [0.1, 0.15) is 60.9 Å². The number of para-hydroxylation sites is 1. The molecule has 28 heavy (non-hydrogen) atoms. The van der Waals surface area contributed by atoms with E-state index in [1.165, 1.54) is 6.42 Å². The highest BCUT2D eigenvalue weighted by atomic mass is 16.5. The summed E-state index contributed by atoms with van der Waals surface area (Å²) in [7, 11) is 0. The molecule has 2 saturated carbocycles. The van der Waals surface area contributed by atoms with Crippen LogP contribution in [0.2, 0.25) is 0 Å². The number of amides is 1. The van der Waals surface area contributed by atoms with E-state index < -0.39 is 0 Å². The van der Waals surface area contributed by atoms with Crippen LogP contribution in [0.4, 0.5) is 0 Å². The fourth-order valence-corrected chi connectivity index (χ4v) is 4.39. The largest absolute Gasteiger partial charge is 0.488 e. The summed E-state index contributed by atoms with van der Waals surface area (Å²) >= 11 is 0. The lowest BCUT2D eigenvalue weighted by atomic mass is 9.84. The molecule has 2 aromatic carbocycles. The predicted molar refractivity (Wildman–Crippen MR) is 111 cm³/mol. The molecular formula is C24H30N2O2. The first-order valence-electron chi connectivity index (χ1n) is 10.6. The zero-order chi connectivity index (χ0) is 19.3. The second-order valence-electron chi connectivity index (χ2n) is 8.15. The number of hydrogen-bond donors (Lipinski definition) is 1. The first-order valence-corrected chi connectivity index (χ1v) is 10.6. The van der Waals surface area contributed by atoms with Crippen molar-refractivity contribution in [2.24, 2.45) is 5.73 Å². The van der Waals surface area contributed by atoms with Gasteiger partial charge in [0.05, 0.1) is 5.56 Å². The van der Waals surface area contributed by atoms with Gasteiger partial charge in [0.1, 0.15) is 12.4 Å². The van der Waals surface area contributed by atoms with Crippen molar-refractivity contribution in [2.45, 2.75) is 69.7 Å². The van der Waals surface area contributed by atoms with Gasteiger partial charge in [0.15, 0.2) is 0 Å². The molecule has 2 aliphatic carbocycles. The maximum atomic E-state index is 13.6. The molecule has 4 nitrogen and oxygen atoms in total. The SMILES string of the molecule is N[C@H]1CCC[C@@H](N(C(=O)c2ccccc2OCc2ccccc2)C2CCC2)C1. The molecule has 2 N–H and O–H groups in total. The molecule has 0 heterocycles. The minimum atomic E-state index is 0.104. The Morgan fingerprint density at radius 2 is 1.61 bits per heavy atom. The fraction of sp³-hybridized carbons (Fsp3) is 0.458. The number of nitrogens with two attached hydrogens (primary N) is 1. The van der Waals surface area contributed by atoms with Crippen molar-refractivity contribution >= 4 is 5.91 Å². The summed E-state index contributed by atoms with van der Waals surface area (Å²) in [6.07, 6.45) is 7.56. The molecule has 0 saturated heterocycles. The number of carbonyl (C=O) groups excluding carboxylic acids is 1. The lowest BCUT2D eigenvalue weighted by Crippen LogP contribution is -2.53. The van der Waals surface area contributed by atoms with Gasteiger partial charge in [-0.15, -0.1) is 0 Å². The molecule has 2 aliphatic rings. The number of carbonyl (C=O) groups is 1. The van der Waals surface area contributed by atoms with E-state index in [-0.39, 0.29) is 18.0 Å². The molecule has 2 fully saturated rings. The molecule has 0 aliphatic heterocycles. The average molecular weight is 379 g/mol. The van der Waals surface area contributed by atoms with Crippen molar-refractivity contribution in [1.29, 1.82) is 0 Å². The third-order valence-corrected chi connectivity index (χ3v) is 6.14. The van der Waals surface area contributed by atoms with Crippen LogP contribution in [0.5, 0.6) is 5.75 Å². The topological polar surface area (TPSA) is 55.6 Å². The normalized spacial score (nSPS) is 22.3. The fourth-order valence-electron chi connectivity index (χ4n) is 4.39. The Balaban J connectivity index is 1.55. The van der Waals surface area contributed by atoms with E-state index in [4.69, 9.17) is 10.5 Å².